The number of carbonyl (C=O) groups is 1. The molecule has 1 aliphatic rings. The van der Waals surface area contributed by atoms with Crippen molar-refractivity contribution < 1.29 is 9.72 Å². The zero-order valence-corrected chi connectivity index (χ0v) is 17.2. The second-order valence-corrected chi connectivity index (χ2v) is 8.60. The summed E-state index contributed by atoms with van der Waals surface area (Å²) in [5.41, 5.74) is 6.12. The van der Waals surface area contributed by atoms with Crippen LogP contribution >= 0.6 is 24.2 Å². The molecule has 0 saturated carbocycles. The molecule has 6 nitrogen and oxygen atoms in total. The van der Waals surface area contributed by atoms with E-state index in [1.54, 1.807) is 17.0 Å². The van der Waals surface area contributed by atoms with Gasteiger partial charge in [-0.1, -0.05) is 20.8 Å². The highest BCUT2D eigenvalue weighted by Gasteiger charge is 2.35. The third kappa shape index (κ3) is 5.59. The maximum absolute atomic E-state index is 12.7. The smallest absolute Gasteiger partial charge is 0.283 e. The van der Waals surface area contributed by atoms with Crippen LogP contribution in [-0.4, -0.2) is 41.1 Å². The summed E-state index contributed by atoms with van der Waals surface area (Å²) in [6.07, 6.45) is 1.86. The standard InChI is InChI=1S/C18H27N3O3S.ClH/c1-13(2)6-9-25-16-5-4-14(10-15(16)21(23)24)17(22)20-8-7-18(3,11-19)12-20;/h4-5,10,13H,6-9,11-12,19H2,1-3H3;1H. The molecule has 146 valence electrons. The molecule has 0 aliphatic carbocycles. The molecule has 1 aliphatic heterocycles. The lowest BCUT2D eigenvalue weighted by Crippen LogP contribution is -2.34. The van der Waals surface area contributed by atoms with E-state index in [1.165, 1.54) is 17.8 Å². The SMILES string of the molecule is CC(C)CCSc1ccc(C(=O)N2CCC(C)(CN)C2)cc1[N+](=O)[O-].Cl. The van der Waals surface area contributed by atoms with Crippen LogP contribution in [0.3, 0.4) is 0 Å². The van der Waals surface area contributed by atoms with Crippen LogP contribution in [0.2, 0.25) is 0 Å². The predicted molar refractivity (Wildman–Crippen MR) is 108 cm³/mol. The van der Waals surface area contributed by atoms with Gasteiger partial charge in [0.1, 0.15) is 0 Å². The highest BCUT2D eigenvalue weighted by molar-refractivity contribution is 7.99. The van der Waals surface area contributed by atoms with Crippen molar-refractivity contribution in [1.82, 2.24) is 4.90 Å². The number of halogens is 1. The maximum atomic E-state index is 12.7. The number of rotatable bonds is 7. The van der Waals surface area contributed by atoms with Gasteiger partial charge in [0.2, 0.25) is 0 Å². The van der Waals surface area contributed by atoms with Crippen molar-refractivity contribution in [3.63, 3.8) is 0 Å². The molecule has 1 atom stereocenters. The number of hydrogen-bond donors (Lipinski definition) is 1. The van der Waals surface area contributed by atoms with E-state index < -0.39 is 4.92 Å². The first kappa shape index (κ1) is 22.7. The Morgan fingerprint density at radius 3 is 2.69 bits per heavy atom. The van der Waals surface area contributed by atoms with Gasteiger partial charge < -0.3 is 10.6 Å². The van der Waals surface area contributed by atoms with Gasteiger partial charge in [-0.3, -0.25) is 14.9 Å². The third-order valence-corrected chi connectivity index (χ3v) is 5.79. The molecular weight excluding hydrogens is 374 g/mol. The topological polar surface area (TPSA) is 89.5 Å². The Morgan fingerprint density at radius 1 is 1.46 bits per heavy atom. The van der Waals surface area contributed by atoms with Crippen molar-refractivity contribution in [2.75, 3.05) is 25.4 Å². The summed E-state index contributed by atoms with van der Waals surface area (Å²) < 4.78 is 0. The molecule has 0 bridgehead atoms. The lowest BCUT2D eigenvalue weighted by molar-refractivity contribution is -0.387. The molecule has 1 aromatic rings. The molecule has 1 aromatic carbocycles. The Labute approximate surface area is 165 Å². The molecule has 1 amide bonds. The minimum absolute atomic E-state index is 0. The van der Waals surface area contributed by atoms with Crippen molar-refractivity contribution in [1.29, 1.82) is 0 Å². The number of nitrogens with zero attached hydrogens (tertiary/aromatic N) is 2. The van der Waals surface area contributed by atoms with Crippen molar-refractivity contribution in [2.24, 2.45) is 17.1 Å². The summed E-state index contributed by atoms with van der Waals surface area (Å²) in [6.45, 7) is 8.09. The fourth-order valence-electron chi connectivity index (χ4n) is 2.87. The molecule has 1 saturated heterocycles. The number of benzene rings is 1. The maximum Gasteiger partial charge on any atom is 0.283 e. The number of thioether (sulfide) groups is 1. The molecule has 2 N–H and O–H groups in total. The van der Waals surface area contributed by atoms with E-state index in [1.807, 2.05) is 0 Å². The molecular formula is C18H28ClN3O3S. The van der Waals surface area contributed by atoms with Crippen LogP contribution in [0.5, 0.6) is 0 Å². The number of carbonyl (C=O) groups excluding carboxylic acids is 1. The van der Waals surface area contributed by atoms with Crippen LogP contribution < -0.4 is 5.73 Å². The van der Waals surface area contributed by atoms with Crippen LogP contribution in [0.25, 0.3) is 0 Å². The van der Waals surface area contributed by atoms with Crippen LogP contribution in [0.4, 0.5) is 5.69 Å². The van der Waals surface area contributed by atoms with Crippen molar-refractivity contribution >= 4 is 35.8 Å². The van der Waals surface area contributed by atoms with Crippen LogP contribution in [0.1, 0.15) is 44.0 Å². The highest BCUT2D eigenvalue weighted by atomic mass is 35.5. The summed E-state index contributed by atoms with van der Waals surface area (Å²) in [4.78, 5) is 26.1. The molecule has 0 spiro atoms. The Bertz CT molecular complexity index is 657. The summed E-state index contributed by atoms with van der Waals surface area (Å²) >= 11 is 1.48. The van der Waals surface area contributed by atoms with E-state index >= 15 is 0 Å². The average Bonchev–Trinajstić information content (AvgIpc) is 2.97. The van der Waals surface area contributed by atoms with Crippen molar-refractivity contribution in [3.8, 4) is 0 Å². The third-order valence-electron chi connectivity index (χ3n) is 4.69. The van der Waals surface area contributed by atoms with Gasteiger partial charge >= 0.3 is 0 Å². The van der Waals surface area contributed by atoms with Gasteiger partial charge in [-0.05, 0) is 48.6 Å². The average molecular weight is 402 g/mol. The van der Waals surface area contributed by atoms with E-state index in [2.05, 4.69) is 20.8 Å². The van der Waals surface area contributed by atoms with Crippen LogP contribution in [0.15, 0.2) is 23.1 Å². The normalized spacial score (nSPS) is 19.5. The van der Waals surface area contributed by atoms with Gasteiger partial charge in [0.25, 0.3) is 11.6 Å². The van der Waals surface area contributed by atoms with E-state index in [0.29, 0.717) is 36.0 Å². The summed E-state index contributed by atoms with van der Waals surface area (Å²) in [5, 5.41) is 11.4. The Hall–Kier alpha value is -1.31. The Morgan fingerprint density at radius 2 is 2.15 bits per heavy atom. The molecule has 2 rings (SSSR count). The monoisotopic (exact) mass is 401 g/mol. The quantitative estimate of drug-likeness (QED) is 0.424. The molecule has 8 heteroatoms. The number of likely N-dealkylation sites (tertiary alicyclic amines) is 1. The lowest BCUT2D eigenvalue weighted by atomic mass is 9.90. The first-order valence-corrected chi connectivity index (χ1v) is 9.65. The summed E-state index contributed by atoms with van der Waals surface area (Å²) in [6, 6.07) is 4.82. The minimum Gasteiger partial charge on any atom is -0.338 e. The largest absolute Gasteiger partial charge is 0.338 e. The minimum atomic E-state index is -0.400. The van der Waals surface area contributed by atoms with Gasteiger partial charge in [0, 0.05) is 24.7 Å². The van der Waals surface area contributed by atoms with E-state index in [0.717, 1.165) is 18.6 Å². The Balaban J connectivity index is 0.00000338. The highest BCUT2D eigenvalue weighted by Crippen LogP contribution is 2.33. The summed E-state index contributed by atoms with van der Waals surface area (Å²) in [7, 11) is 0. The first-order valence-electron chi connectivity index (χ1n) is 8.66. The number of hydrogen-bond acceptors (Lipinski definition) is 5. The number of amides is 1. The molecule has 1 heterocycles. The zero-order valence-electron chi connectivity index (χ0n) is 15.6. The first-order chi connectivity index (χ1) is 11.8. The van der Waals surface area contributed by atoms with E-state index in [-0.39, 0.29) is 29.4 Å². The summed E-state index contributed by atoms with van der Waals surface area (Å²) in [5.74, 6) is 1.23. The lowest BCUT2D eigenvalue weighted by Gasteiger charge is -2.22. The zero-order chi connectivity index (χ0) is 18.6. The van der Waals surface area contributed by atoms with Gasteiger partial charge in [0.15, 0.2) is 0 Å². The van der Waals surface area contributed by atoms with Gasteiger partial charge in [-0.2, -0.15) is 0 Å². The van der Waals surface area contributed by atoms with E-state index in [4.69, 9.17) is 5.73 Å². The molecule has 0 radical (unpaired) electrons. The van der Waals surface area contributed by atoms with Crippen molar-refractivity contribution in [2.45, 2.75) is 38.5 Å². The van der Waals surface area contributed by atoms with Crippen LogP contribution in [-0.2, 0) is 0 Å². The predicted octanol–water partition coefficient (Wildman–Crippen LogP) is 3.97. The second-order valence-electron chi connectivity index (χ2n) is 7.46. The number of nitro benzene ring substituents is 1. The number of nitro groups is 1. The fraction of sp³-hybridized carbons (Fsp3) is 0.611. The van der Waals surface area contributed by atoms with Gasteiger partial charge in [-0.15, -0.1) is 24.2 Å². The second kappa shape index (κ2) is 9.58. The van der Waals surface area contributed by atoms with Crippen LogP contribution in [0, 0.1) is 21.4 Å². The molecule has 26 heavy (non-hydrogen) atoms. The molecule has 0 aromatic heterocycles. The van der Waals surface area contributed by atoms with Gasteiger partial charge in [0.05, 0.1) is 9.82 Å². The fourth-order valence-corrected chi connectivity index (χ4v) is 4.12. The molecule has 1 fully saturated rings. The van der Waals surface area contributed by atoms with Gasteiger partial charge in [-0.25, -0.2) is 0 Å². The molecule has 1 unspecified atom stereocenters. The Kier molecular flexibility index (Phi) is 8.37. The number of nitrogens with two attached hydrogens (primary N) is 1. The van der Waals surface area contributed by atoms with E-state index in [9.17, 15) is 14.9 Å². The van der Waals surface area contributed by atoms with Crippen molar-refractivity contribution in [3.05, 3.63) is 33.9 Å².